The number of anilines is 1. The molecule has 0 bridgehead atoms. The first kappa shape index (κ1) is 17.1. The number of carbonyl (C=O) groups excluding carboxylic acids is 2. The molecule has 2 aromatic rings. The standard InChI is InChI=1S/C16H17ClN6O2/c1-2-14(24)23-7-3-4-10(9-23)16(25)18-13-6-5-11(17)8-12(13)15-19-21-22-20-15/h2,5-6,8,10H,1,3-4,7,9H2,(H,18,25)(H,19,20,21,22). The lowest BCUT2D eigenvalue weighted by Crippen LogP contribution is -2.43. The number of H-pyrrole nitrogens is 1. The molecule has 1 atom stereocenters. The third-order valence-corrected chi connectivity index (χ3v) is 4.34. The summed E-state index contributed by atoms with van der Waals surface area (Å²) in [6.07, 6.45) is 2.77. The third-order valence-electron chi connectivity index (χ3n) is 4.10. The minimum atomic E-state index is -0.286. The van der Waals surface area contributed by atoms with Crippen molar-refractivity contribution in [1.82, 2.24) is 25.5 Å². The van der Waals surface area contributed by atoms with Gasteiger partial charge in [0.2, 0.25) is 17.6 Å². The highest BCUT2D eigenvalue weighted by Gasteiger charge is 2.28. The molecule has 9 heteroatoms. The number of hydrogen-bond donors (Lipinski definition) is 2. The summed E-state index contributed by atoms with van der Waals surface area (Å²) >= 11 is 6.04. The molecule has 8 nitrogen and oxygen atoms in total. The van der Waals surface area contributed by atoms with Crippen LogP contribution in [0.3, 0.4) is 0 Å². The number of piperidine rings is 1. The van der Waals surface area contributed by atoms with Crippen LogP contribution in [0.1, 0.15) is 12.8 Å². The normalized spacial score (nSPS) is 17.2. The lowest BCUT2D eigenvalue weighted by molar-refractivity contribution is -0.130. The number of likely N-dealkylation sites (tertiary alicyclic amines) is 1. The Hall–Kier alpha value is -2.74. The quantitative estimate of drug-likeness (QED) is 0.810. The zero-order valence-electron chi connectivity index (χ0n) is 13.4. The summed E-state index contributed by atoms with van der Waals surface area (Å²) < 4.78 is 0. The summed E-state index contributed by atoms with van der Waals surface area (Å²) in [5.74, 6) is -0.263. The number of halogens is 1. The number of nitrogens with zero attached hydrogens (tertiary/aromatic N) is 4. The predicted molar refractivity (Wildman–Crippen MR) is 92.8 cm³/mol. The molecule has 2 heterocycles. The van der Waals surface area contributed by atoms with E-state index in [4.69, 9.17) is 11.6 Å². The highest BCUT2D eigenvalue weighted by Crippen LogP contribution is 2.29. The van der Waals surface area contributed by atoms with Gasteiger partial charge in [-0.3, -0.25) is 9.59 Å². The van der Waals surface area contributed by atoms with E-state index in [9.17, 15) is 9.59 Å². The average molecular weight is 361 g/mol. The van der Waals surface area contributed by atoms with Gasteiger partial charge in [0, 0.05) is 23.7 Å². The number of hydrogen-bond acceptors (Lipinski definition) is 5. The Morgan fingerprint density at radius 1 is 1.44 bits per heavy atom. The molecule has 1 unspecified atom stereocenters. The zero-order chi connectivity index (χ0) is 17.8. The molecular weight excluding hydrogens is 344 g/mol. The van der Waals surface area contributed by atoms with E-state index in [-0.39, 0.29) is 17.7 Å². The van der Waals surface area contributed by atoms with Gasteiger partial charge in [0.15, 0.2) is 0 Å². The van der Waals surface area contributed by atoms with Crippen LogP contribution in [0.5, 0.6) is 0 Å². The molecular formula is C16H17ClN6O2. The van der Waals surface area contributed by atoms with Crippen LogP contribution in [0.25, 0.3) is 11.4 Å². The van der Waals surface area contributed by atoms with Gasteiger partial charge in [-0.1, -0.05) is 18.2 Å². The number of amides is 2. The maximum absolute atomic E-state index is 12.7. The molecule has 1 aromatic heterocycles. The SMILES string of the molecule is C=CC(=O)N1CCCC(C(=O)Nc2ccc(Cl)cc2-c2nn[nH]n2)C1. The smallest absolute Gasteiger partial charge is 0.245 e. The molecule has 1 saturated heterocycles. The highest BCUT2D eigenvalue weighted by atomic mass is 35.5. The summed E-state index contributed by atoms with van der Waals surface area (Å²) in [5, 5.41) is 17.2. The van der Waals surface area contributed by atoms with E-state index in [2.05, 4.69) is 32.5 Å². The lowest BCUT2D eigenvalue weighted by atomic mass is 9.96. The van der Waals surface area contributed by atoms with Gasteiger partial charge >= 0.3 is 0 Å². The zero-order valence-corrected chi connectivity index (χ0v) is 14.2. The van der Waals surface area contributed by atoms with Crippen molar-refractivity contribution < 1.29 is 9.59 Å². The van der Waals surface area contributed by atoms with Crippen molar-refractivity contribution >= 4 is 29.1 Å². The average Bonchev–Trinajstić information content (AvgIpc) is 3.17. The topological polar surface area (TPSA) is 104 Å². The van der Waals surface area contributed by atoms with Crippen LogP contribution in [0.4, 0.5) is 5.69 Å². The van der Waals surface area contributed by atoms with Gasteiger partial charge in [0.05, 0.1) is 11.6 Å². The number of carbonyl (C=O) groups is 2. The second-order valence-corrected chi connectivity index (χ2v) is 6.18. The fourth-order valence-corrected chi connectivity index (χ4v) is 3.01. The van der Waals surface area contributed by atoms with E-state index in [1.807, 2.05) is 0 Å². The van der Waals surface area contributed by atoms with Gasteiger partial charge in [-0.15, -0.1) is 10.2 Å². The van der Waals surface area contributed by atoms with Gasteiger partial charge in [0.1, 0.15) is 0 Å². The number of aromatic amines is 1. The first-order chi connectivity index (χ1) is 12.1. The predicted octanol–water partition coefficient (Wildman–Crippen LogP) is 1.88. The van der Waals surface area contributed by atoms with Crippen LogP contribution >= 0.6 is 11.6 Å². The summed E-state index contributed by atoms with van der Waals surface area (Å²) in [4.78, 5) is 26.1. The van der Waals surface area contributed by atoms with Gasteiger partial charge < -0.3 is 10.2 Å². The first-order valence-electron chi connectivity index (χ1n) is 7.84. The molecule has 0 radical (unpaired) electrons. The second-order valence-electron chi connectivity index (χ2n) is 5.74. The molecule has 130 valence electrons. The van der Waals surface area contributed by atoms with Gasteiger partial charge in [-0.05, 0) is 42.3 Å². The van der Waals surface area contributed by atoms with Crippen LogP contribution in [-0.2, 0) is 9.59 Å². The van der Waals surface area contributed by atoms with E-state index in [1.54, 1.807) is 23.1 Å². The molecule has 0 aliphatic carbocycles. The summed E-state index contributed by atoms with van der Waals surface area (Å²) in [6, 6.07) is 5.03. The number of benzene rings is 1. The Balaban J connectivity index is 1.77. The molecule has 3 rings (SSSR count). The summed E-state index contributed by atoms with van der Waals surface area (Å²) in [5.41, 5.74) is 1.12. The minimum Gasteiger partial charge on any atom is -0.338 e. The molecule has 2 N–H and O–H groups in total. The van der Waals surface area contributed by atoms with E-state index >= 15 is 0 Å². The van der Waals surface area contributed by atoms with Crippen LogP contribution in [-0.4, -0.2) is 50.4 Å². The molecule has 1 fully saturated rings. The minimum absolute atomic E-state index is 0.156. The molecule has 0 saturated carbocycles. The van der Waals surface area contributed by atoms with Gasteiger partial charge in [0.25, 0.3) is 0 Å². The number of rotatable bonds is 4. The Labute approximate surface area is 149 Å². The van der Waals surface area contributed by atoms with Crippen molar-refractivity contribution in [1.29, 1.82) is 0 Å². The van der Waals surface area contributed by atoms with Crippen molar-refractivity contribution in [3.63, 3.8) is 0 Å². The third kappa shape index (κ3) is 3.85. The van der Waals surface area contributed by atoms with Gasteiger partial charge in [-0.2, -0.15) is 5.21 Å². The molecule has 2 amide bonds. The van der Waals surface area contributed by atoms with E-state index in [0.29, 0.717) is 35.2 Å². The largest absolute Gasteiger partial charge is 0.338 e. The maximum Gasteiger partial charge on any atom is 0.245 e. The molecule has 0 spiro atoms. The van der Waals surface area contributed by atoms with Crippen LogP contribution in [0.15, 0.2) is 30.9 Å². The fourth-order valence-electron chi connectivity index (χ4n) is 2.84. The first-order valence-corrected chi connectivity index (χ1v) is 8.22. The highest BCUT2D eigenvalue weighted by molar-refractivity contribution is 6.31. The Morgan fingerprint density at radius 2 is 2.28 bits per heavy atom. The fraction of sp³-hybridized carbons (Fsp3) is 0.312. The van der Waals surface area contributed by atoms with Crippen molar-refractivity contribution in [3.05, 3.63) is 35.9 Å². The van der Waals surface area contributed by atoms with Crippen molar-refractivity contribution in [2.45, 2.75) is 12.8 Å². The number of aromatic nitrogens is 4. The Kier molecular flexibility index (Phi) is 5.08. The monoisotopic (exact) mass is 360 g/mol. The van der Waals surface area contributed by atoms with Crippen LogP contribution < -0.4 is 5.32 Å². The number of nitrogens with one attached hydrogen (secondary N) is 2. The van der Waals surface area contributed by atoms with Crippen LogP contribution in [0, 0.1) is 5.92 Å². The summed E-state index contributed by atoms with van der Waals surface area (Å²) in [7, 11) is 0. The second kappa shape index (κ2) is 7.43. The summed E-state index contributed by atoms with van der Waals surface area (Å²) in [6.45, 7) is 4.51. The van der Waals surface area contributed by atoms with Crippen molar-refractivity contribution in [2.75, 3.05) is 18.4 Å². The maximum atomic E-state index is 12.7. The molecule has 1 aliphatic heterocycles. The number of tetrazole rings is 1. The van der Waals surface area contributed by atoms with Gasteiger partial charge in [-0.25, -0.2) is 0 Å². The Morgan fingerprint density at radius 3 is 3.00 bits per heavy atom. The molecule has 1 aliphatic rings. The van der Waals surface area contributed by atoms with E-state index in [1.165, 1.54) is 6.08 Å². The van der Waals surface area contributed by atoms with Crippen molar-refractivity contribution in [3.8, 4) is 11.4 Å². The molecule has 1 aromatic carbocycles. The van der Waals surface area contributed by atoms with E-state index < -0.39 is 0 Å². The Bertz CT molecular complexity index is 792. The van der Waals surface area contributed by atoms with Crippen LogP contribution in [0.2, 0.25) is 5.02 Å². The molecule has 25 heavy (non-hydrogen) atoms. The van der Waals surface area contributed by atoms with E-state index in [0.717, 1.165) is 12.8 Å². The lowest BCUT2D eigenvalue weighted by Gasteiger charge is -2.31. The van der Waals surface area contributed by atoms with Crippen molar-refractivity contribution in [2.24, 2.45) is 5.92 Å².